The van der Waals surface area contributed by atoms with Crippen LogP contribution in [0, 0.1) is 6.92 Å². The van der Waals surface area contributed by atoms with Crippen LogP contribution in [0.3, 0.4) is 0 Å². The lowest BCUT2D eigenvalue weighted by Crippen LogP contribution is -2.26. The van der Waals surface area contributed by atoms with Crippen molar-refractivity contribution in [2.75, 3.05) is 14.2 Å². The molecule has 2 heterocycles. The van der Waals surface area contributed by atoms with Gasteiger partial charge in [-0.1, -0.05) is 0 Å². The van der Waals surface area contributed by atoms with Crippen LogP contribution in [0.4, 0.5) is 0 Å². The van der Waals surface area contributed by atoms with E-state index in [1.165, 1.54) is 11.3 Å². The summed E-state index contributed by atoms with van der Waals surface area (Å²) in [6, 6.07) is 1.73. The fourth-order valence-corrected chi connectivity index (χ4v) is 2.32. The Labute approximate surface area is 109 Å². The number of amides is 1. The van der Waals surface area contributed by atoms with E-state index >= 15 is 0 Å². The van der Waals surface area contributed by atoms with Crippen LogP contribution in [0.1, 0.15) is 21.3 Å². The second-order valence-electron chi connectivity index (χ2n) is 3.85. The minimum Gasteiger partial charge on any atom is -0.496 e. The Morgan fingerprint density at radius 2 is 2.39 bits per heavy atom. The highest BCUT2D eigenvalue weighted by molar-refractivity contribution is 7.12. The molecule has 7 heteroatoms. The van der Waals surface area contributed by atoms with E-state index in [1.54, 1.807) is 30.5 Å². The smallest absolute Gasteiger partial charge is 0.264 e. The van der Waals surface area contributed by atoms with E-state index < -0.39 is 0 Å². The lowest BCUT2D eigenvalue weighted by atomic mass is 10.4. The van der Waals surface area contributed by atoms with Gasteiger partial charge in [0.25, 0.3) is 5.91 Å². The van der Waals surface area contributed by atoms with Crippen LogP contribution in [0.25, 0.3) is 0 Å². The van der Waals surface area contributed by atoms with E-state index in [4.69, 9.17) is 4.74 Å². The van der Waals surface area contributed by atoms with Crippen LogP contribution in [-0.2, 0) is 6.54 Å². The molecule has 0 spiro atoms. The number of nitrogens with one attached hydrogen (secondary N) is 1. The van der Waals surface area contributed by atoms with Gasteiger partial charge in [-0.2, -0.15) is 5.10 Å². The predicted octanol–water partition coefficient (Wildman–Crippen LogP) is 1.46. The van der Waals surface area contributed by atoms with Gasteiger partial charge in [0.15, 0.2) is 5.82 Å². The van der Waals surface area contributed by atoms with Crippen molar-refractivity contribution in [1.29, 1.82) is 0 Å². The van der Waals surface area contributed by atoms with E-state index in [9.17, 15) is 4.79 Å². The number of hydrogen-bond donors (Lipinski definition) is 1. The summed E-state index contributed by atoms with van der Waals surface area (Å²) in [6.45, 7) is 2.20. The van der Waals surface area contributed by atoms with Gasteiger partial charge in [-0.25, -0.2) is 4.98 Å². The molecule has 0 aliphatic heterocycles. The highest BCUT2D eigenvalue weighted by Crippen LogP contribution is 2.22. The summed E-state index contributed by atoms with van der Waals surface area (Å²) < 4.78 is 5.06. The number of methoxy groups -OCH3 is 1. The summed E-state index contributed by atoms with van der Waals surface area (Å²) in [5.74, 6) is 1.98. The highest BCUT2D eigenvalue weighted by Gasteiger charge is 2.16. The molecule has 6 nitrogen and oxygen atoms in total. The number of rotatable bonds is 4. The molecule has 0 aliphatic carbocycles. The van der Waals surface area contributed by atoms with Crippen molar-refractivity contribution in [3.63, 3.8) is 0 Å². The van der Waals surface area contributed by atoms with E-state index in [0.29, 0.717) is 23.0 Å². The molecule has 0 bridgehead atoms. The monoisotopic (exact) mass is 266 g/mol. The molecule has 0 aromatic carbocycles. The van der Waals surface area contributed by atoms with Gasteiger partial charge in [0.05, 0.1) is 18.5 Å². The second kappa shape index (κ2) is 5.18. The number of aromatic nitrogens is 3. The van der Waals surface area contributed by atoms with Gasteiger partial charge in [0.2, 0.25) is 0 Å². The molecule has 1 N–H and O–H groups in total. The first-order valence-electron chi connectivity index (χ1n) is 5.36. The minimum atomic E-state index is -0.0641. The molecule has 0 fully saturated rings. The SMILES string of the molecule is COc1csc(C(=O)N(C)Cc2n[nH]c(C)n2)c1. The molecule has 1 amide bonds. The highest BCUT2D eigenvalue weighted by atomic mass is 32.1. The van der Waals surface area contributed by atoms with Gasteiger partial charge in [-0.3, -0.25) is 9.89 Å². The molecule has 0 saturated carbocycles. The van der Waals surface area contributed by atoms with Crippen LogP contribution in [0.15, 0.2) is 11.4 Å². The molecule has 18 heavy (non-hydrogen) atoms. The van der Waals surface area contributed by atoms with Gasteiger partial charge in [-0.15, -0.1) is 11.3 Å². The lowest BCUT2D eigenvalue weighted by molar-refractivity contribution is 0.0786. The minimum absolute atomic E-state index is 0.0641. The number of H-pyrrole nitrogens is 1. The van der Waals surface area contributed by atoms with Crippen molar-refractivity contribution in [2.45, 2.75) is 13.5 Å². The Bertz CT molecular complexity index is 549. The summed E-state index contributed by atoms with van der Waals surface area (Å²) in [4.78, 5) is 18.5. The molecular formula is C11H14N4O2S. The topological polar surface area (TPSA) is 71.1 Å². The van der Waals surface area contributed by atoms with Gasteiger partial charge >= 0.3 is 0 Å². The maximum absolute atomic E-state index is 12.1. The number of aromatic amines is 1. The summed E-state index contributed by atoms with van der Waals surface area (Å²) in [5, 5.41) is 8.55. The van der Waals surface area contributed by atoms with E-state index in [1.807, 2.05) is 6.92 Å². The normalized spacial score (nSPS) is 10.4. The van der Waals surface area contributed by atoms with Gasteiger partial charge in [0, 0.05) is 18.5 Å². The predicted molar refractivity (Wildman–Crippen MR) is 67.8 cm³/mol. The Balaban J connectivity index is 2.04. The number of nitrogens with zero attached hydrogens (tertiary/aromatic N) is 3. The molecule has 0 radical (unpaired) electrons. The number of hydrogen-bond acceptors (Lipinski definition) is 5. The maximum atomic E-state index is 12.1. The Morgan fingerprint density at radius 3 is 2.94 bits per heavy atom. The molecular weight excluding hydrogens is 252 g/mol. The van der Waals surface area contributed by atoms with E-state index in [-0.39, 0.29) is 5.91 Å². The maximum Gasteiger partial charge on any atom is 0.264 e. The number of ether oxygens (including phenoxy) is 1. The summed E-state index contributed by atoms with van der Waals surface area (Å²) in [6.07, 6.45) is 0. The molecule has 0 unspecified atom stereocenters. The molecule has 96 valence electrons. The molecule has 0 atom stereocenters. The van der Waals surface area contributed by atoms with Crippen molar-refractivity contribution in [3.8, 4) is 5.75 Å². The number of thiophene rings is 1. The second-order valence-corrected chi connectivity index (χ2v) is 4.76. The average molecular weight is 266 g/mol. The van der Waals surface area contributed by atoms with Crippen LogP contribution < -0.4 is 4.74 Å². The third-order valence-corrected chi connectivity index (χ3v) is 3.29. The third kappa shape index (κ3) is 2.67. The van der Waals surface area contributed by atoms with Crippen molar-refractivity contribution in [3.05, 3.63) is 28.0 Å². The largest absolute Gasteiger partial charge is 0.496 e. The molecule has 0 saturated heterocycles. The summed E-state index contributed by atoms with van der Waals surface area (Å²) in [5.41, 5.74) is 0. The summed E-state index contributed by atoms with van der Waals surface area (Å²) >= 11 is 1.36. The Morgan fingerprint density at radius 1 is 1.61 bits per heavy atom. The van der Waals surface area contributed by atoms with Crippen molar-refractivity contribution in [1.82, 2.24) is 20.1 Å². The Kier molecular flexibility index (Phi) is 3.61. The fourth-order valence-electron chi connectivity index (χ4n) is 1.47. The van der Waals surface area contributed by atoms with Gasteiger partial charge in [-0.05, 0) is 6.92 Å². The first-order chi connectivity index (χ1) is 8.60. The molecule has 2 rings (SSSR count). The van der Waals surface area contributed by atoms with Crippen LogP contribution >= 0.6 is 11.3 Å². The average Bonchev–Trinajstić information content (AvgIpc) is 2.97. The van der Waals surface area contributed by atoms with Crippen molar-refractivity contribution >= 4 is 17.2 Å². The van der Waals surface area contributed by atoms with Crippen molar-refractivity contribution in [2.24, 2.45) is 0 Å². The first-order valence-corrected chi connectivity index (χ1v) is 6.24. The molecule has 0 aliphatic rings. The zero-order chi connectivity index (χ0) is 13.1. The quantitative estimate of drug-likeness (QED) is 0.909. The standard InChI is InChI=1S/C11H14N4O2S/c1-7-12-10(14-13-7)5-15(2)11(16)9-4-8(17-3)6-18-9/h4,6H,5H2,1-3H3,(H,12,13,14). The Hall–Kier alpha value is -1.89. The number of aryl methyl sites for hydroxylation is 1. The zero-order valence-corrected chi connectivity index (χ0v) is 11.2. The molecule has 2 aromatic heterocycles. The van der Waals surface area contributed by atoms with Gasteiger partial charge < -0.3 is 9.64 Å². The third-order valence-electron chi connectivity index (χ3n) is 2.39. The van der Waals surface area contributed by atoms with E-state index in [0.717, 1.165) is 5.82 Å². The lowest BCUT2D eigenvalue weighted by Gasteiger charge is -2.13. The number of carbonyl (C=O) groups excluding carboxylic acids is 1. The van der Waals surface area contributed by atoms with Gasteiger partial charge in [0.1, 0.15) is 11.6 Å². The van der Waals surface area contributed by atoms with Crippen LogP contribution in [-0.4, -0.2) is 40.1 Å². The van der Waals surface area contributed by atoms with Crippen LogP contribution in [0.5, 0.6) is 5.75 Å². The first kappa shape index (κ1) is 12.6. The number of carbonyl (C=O) groups is 1. The van der Waals surface area contributed by atoms with E-state index in [2.05, 4.69) is 15.2 Å². The fraction of sp³-hybridized carbons (Fsp3) is 0.364. The zero-order valence-electron chi connectivity index (χ0n) is 10.4. The summed E-state index contributed by atoms with van der Waals surface area (Å²) in [7, 11) is 3.30. The van der Waals surface area contributed by atoms with Crippen molar-refractivity contribution < 1.29 is 9.53 Å². The molecule has 2 aromatic rings. The van der Waals surface area contributed by atoms with Crippen LogP contribution in [0.2, 0.25) is 0 Å².